The number of nitrogens with one attached hydrogen (secondary N) is 1. The Kier molecular flexibility index (Phi) is 4.76. The molecule has 0 spiro atoms. The van der Waals surface area contributed by atoms with Crippen LogP contribution in [0.1, 0.15) is 24.7 Å². The maximum Gasteiger partial charge on any atom is 0.253 e. The number of thioether (sulfide) groups is 1. The second kappa shape index (κ2) is 7.23. The zero-order valence-corrected chi connectivity index (χ0v) is 16.7. The fourth-order valence-corrected chi connectivity index (χ4v) is 4.05. The highest BCUT2D eigenvalue weighted by Crippen LogP contribution is 2.32. The summed E-state index contributed by atoms with van der Waals surface area (Å²) in [5, 5.41) is 7.80. The zero-order chi connectivity index (χ0) is 19.8. The van der Waals surface area contributed by atoms with Gasteiger partial charge in [0.25, 0.3) is 5.78 Å². The van der Waals surface area contributed by atoms with Crippen LogP contribution in [-0.2, 0) is 9.59 Å². The molecule has 144 valence electrons. The molecule has 2 amide bonds. The number of aromatic nitrogens is 4. The van der Waals surface area contributed by atoms with Gasteiger partial charge >= 0.3 is 0 Å². The van der Waals surface area contributed by atoms with Crippen molar-refractivity contribution < 1.29 is 9.59 Å². The summed E-state index contributed by atoms with van der Waals surface area (Å²) >= 11 is 1.27. The van der Waals surface area contributed by atoms with E-state index in [-0.39, 0.29) is 30.0 Å². The Hall–Kier alpha value is -2.94. The lowest BCUT2D eigenvalue weighted by atomic mass is 10.2. The van der Waals surface area contributed by atoms with Crippen molar-refractivity contribution in [3.8, 4) is 0 Å². The first kappa shape index (κ1) is 18.4. The second-order valence-corrected chi connectivity index (χ2v) is 7.76. The smallest absolute Gasteiger partial charge is 0.253 e. The Morgan fingerprint density at radius 2 is 2.07 bits per heavy atom. The van der Waals surface area contributed by atoms with Crippen LogP contribution < -0.4 is 10.2 Å². The zero-order valence-electron chi connectivity index (χ0n) is 15.8. The predicted octanol–water partition coefficient (Wildman–Crippen LogP) is 2.60. The van der Waals surface area contributed by atoms with Gasteiger partial charge < -0.3 is 10.2 Å². The van der Waals surface area contributed by atoms with Gasteiger partial charge in [0, 0.05) is 23.9 Å². The Bertz CT molecular complexity index is 1080. The number of nitrogens with zero attached hydrogens (tertiary/aromatic N) is 5. The molecule has 0 bridgehead atoms. The van der Waals surface area contributed by atoms with Crippen molar-refractivity contribution >= 4 is 40.7 Å². The highest BCUT2D eigenvalue weighted by molar-refractivity contribution is 7.99. The van der Waals surface area contributed by atoms with Crippen molar-refractivity contribution in [1.29, 1.82) is 0 Å². The molecule has 1 aliphatic heterocycles. The van der Waals surface area contributed by atoms with Crippen molar-refractivity contribution in [2.45, 2.75) is 38.4 Å². The van der Waals surface area contributed by atoms with Gasteiger partial charge in [0.2, 0.25) is 17.0 Å². The fraction of sp³-hybridized carbons (Fsp3) is 0.316. The number of carbonyl (C=O) groups excluding carboxylic acids is 2. The Labute approximate surface area is 166 Å². The lowest BCUT2D eigenvalue weighted by molar-refractivity contribution is -0.117. The summed E-state index contributed by atoms with van der Waals surface area (Å²) in [5.74, 6) is 0.501. The molecule has 1 aliphatic rings. The van der Waals surface area contributed by atoms with Gasteiger partial charge in [0.05, 0.1) is 17.1 Å². The molecule has 28 heavy (non-hydrogen) atoms. The third-order valence-corrected chi connectivity index (χ3v) is 5.37. The standard InChI is InChI=1S/C19H20N6O2S/c1-11-8-13(3)25-18(20-11)22-19(23-25)28-10-17(27)24-12(2)9-16(26)21-14-6-4-5-7-15(14)24/h4-8,12H,9-10H2,1-3H3,(H,21,26)/t12-/m1/s1. The van der Waals surface area contributed by atoms with Crippen LogP contribution in [0.4, 0.5) is 11.4 Å². The van der Waals surface area contributed by atoms with E-state index in [1.165, 1.54) is 11.8 Å². The second-order valence-electron chi connectivity index (χ2n) is 6.82. The average molecular weight is 396 g/mol. The molecular weight excluding hydrogens is 376 g/mol. The van der Waals surface area contributed by atoms with Gasteiger partial charge in [0.1, 0.15) is 0 Å². The van der Waals surface area contributed by atoms with Gasteiger partial charge in [-0.05, 0) is 39.0 Å². The van der Waals surface area contributed by atoms with E-state index < -0.39 is 0 Å². The molecule has 0 radical (unpaired) electrons. The molecule has 0 fully saturated rings. The van der Waals surface area contributed by atoms with Crippen LogP contribution in [0.15, 0.2) is 35.5 Å². The van der Waals surface area contributed by atoms with Gasteiger partial charge in [-0.1, -0.05) is 23.9 Å². The van der Waals surface area contributed by atoms with Crippen molar-refractivity contribution in [2.75, 3.05) is 16.0 Å². The molecule has 0 aliphatic carbocycles. The summed E-state index contributed by atoms with van der Waals surface area (Å²) in [6, 6.07) is 9.04. The van der Waals surface area contributed by atoms with Gasteiger partial charge in [-0.3, -0.25) is 9.59 Å². The van der Waals surface area contributed by atoms with Crippen molar-refractivity contribution in [1.82, 2.24) is 19.6 Å². The van der Waals surface area contributed by atoms with E-state index in [4.69, 9.17) is 0 Å². The van der Waals surface area contributed by atoms with Crippen molar-refractivity contribution in [3.05, 3.63) is 41.7 Å². The summed E-state index contributed by atoms with van der Waals surface area (Å²) in [4.78, 5) is 35.6. The summed E-state index contributed by atoms with van der Waals surface area (Å²) in [6.45, 7) is 5.73. The maximum atomic E-state index is 13.0. The summed E-state index contributed by atoms with van der Waals surface area (Å²) in [7, 11) is 0. The number of amides is 2. The molecule has 0 saturated heterocycles. The highest BCUT2D eigenvalue weighted by Gasteiger charge is 2.29. The number of anilines is 2. The fourth-order valence-electron chi connectivity index (χ4n) is 3.37. The summed E-state index contributed by atoms with van der Waals surface area (Å²) in [6.07, 6.45) is 0.250. The topological polar surface area (TPSA) is 92.5 Å². The minimum absolute atomic E-state index is 0.0955. The minimum Gasteiger partial charge on any atom is -0.324 e. The van der Waals surface area contributed by atoms with Gasteiger partial charge in [-0.2, -0.15) is 4.98 Å². The number of fused-ring (bicyclic) bond motifs is 2. The first-order chi connectivity index (χ1) is 13.4. The van der Waals surface area contributed by atoms with E-state index in [9.17, 15) is 9.59 Å². The molecule has 0 unspecified atom stereocenters. The third kappa shape index (κ3) is 3.45. The number of hydrogen-bond donors (Lipinski definition) is 1. The van der Waals surface area contributed by atoms with E-state index in [1.807, 2.05) is 45.0 Å². The normalized spacial score (nSPS) is 16.6. The third-order valence-electron chi connectivity index (χ3n) is 4.55. The monoisotopic (exact) mass is 396 g/mol. The SMILES string of the molecule is Cc1cc(C)n2nc(SCC(=O)N3c4ccccc4NC(=O)C[C@H]3C)nc2n1. The van der Waals surface area contributed by atoms with E-state index in [1.54, 1.807) is 15.5 Å². The largest absolute Gasteiger partial charge is 0.324 e. The molecule has 9 heteroatoms. The number of para-hydroxylation sites is 2. The van der Waals surface area contributed by atoms with Crippen molar-refractivity contribution in [2.24, 2.45) is 0 Å². The number of aryl methyl sites for hydroxylation is 2. The lowest BCUT2D eigenvalue weighted by Crippen LogP contribution is -2.40. The maximum absolute atomic E-state index is 13.0. The van der Waals surface area contributed by atoms with Crippen molar-refractivity contribution in [3.63, 3.8) is 0 Å². The molecule has 3 heterocycles. The summed E-state index contributed by atoms with van der Waals surface area (Å²) < 4.78 is 1.67. The van der Waals surface area contributed by atoms with E-state index in [0.29, 0.717) is 22.3 Å². The lowest BCUT2D eigenvalue weighted by Gasteiger charge is -2.27. The Balaban J connectivity index is 1.56. The van der Waals surface area contributed by atoms with Crippen LogP contribution in [0.2, 0.25) is 0 Å². The number of benzene rings is 1. The van der Waals surface area contributed by atoms with E-state index >= 15 is 0 Å². The van der Waals surface area contributed by atoms with Crippen LogP contribution in [0, 0.1) is 13.8 Å². The van der Waals surface area contributed by atoms with Crippen LogP contribution in [0.3, 0.4) is 0 Å². The first-order valence-electron chi connectivity index (χ1n) is 8.97. The van der Waals surface area contributed by atoms with Gasteiger partial charge in [0.15, 0.2) is 0 Å². The van der Waals surface area contributed by atoms with Gasteiger partial charge in [-0.25, -0.2) is 9.50 Å². The molecule has 2 aromatic heterocycles. The quantitative estimate of drug-likeness (QED) is 0.684. The van der Waals surface area contributed by atoms with E-state index in [0.717, 1.165) is 11.4 Å². The molecule has 3 aromatic rings. The molecule has 1 aromatic carbocycles. The predicted molar refractivity (Wildman–Crippen MR) is 108 cm³/mol. The van der Waals surface area contributed by atoms with E-state index in [2.05, 4.69) is 20.4 Å². The molecule has 8 nitrogen and oxygen atoms in total. The Morgan fingerprint density at radius 3 is 2.89 bits per heavy atom. The minimum atomic E-state index is -0.239. The number of rotatable bonds is 3. The molecule has 1 N–H and O–H groups in total. The van der Waals surface area contributed by atoms with Crippen LogP contribution in [0.5, 0.6) is 0 Å². The molecule has 4 rings (SSSR count). The molecule has 0 saturated carbocycles. The first-order valence-corrected chi connectivity index (χ1v) is 9.95. The number of carbonyl (C=O) groups is 2. The molecule has 1 atom stereocenters. The van der Waals surface area contributed by atoms with Crippen LogP contribution >= 0.6 is 11.8 Å². The van der Waals surface area contributed by atoms with Crippen LogP contribution in [-0.4, -0.2) is 43.2 Å². The summed E-state index contributed by atoms with van der Waals surface area (Å²) in [5.41, 5.74) is 3.17. The van der Waals surface area contributed by atoms with Crippen LogP contribution in [0.25, 0.3) is 5.78 Å². The van der Waals surface area contributed by atoms with Gasteiger partial charge in [-0.15, -0.1) is 5.10 Å². The molecular formula is C19H20N6O2S. The number of hydrogen-bond acceptors (Lipinski definition) is 6. The highest BCUT2D eigenvalue weighted by atomic mass is 32.2. The Morgan fingerprint density at radius 1 is 1.29 bits per heavy atom. The average Bonchev–Trinajstić information content (AvgIpc) is 2.99.